The zero-order valence-electron chi connectivity index (χ0n) is 12.0. The summed E-state index contributed by atoms with van der Waals surface area (Å²) in [5.41, 5.74) is 2.05. The van der Waals surface area contributed by atoms with Crippen LogP contribution in [0.25, 0.3) is 11.0 Å². The van der Waals surface area contributed by atoms with Gasteiger partial charge in [0.05, 0.1) is 17.6 Å². The fourth-order valence-corrected chi connectivity index (χ4v) is 3.05. The van der Waals surface area contributed by atoms with Gasteiger partial charge in [0, 0.05) is 38.4 Å². The van der Waals surface area contributed by atoms with E-state index in [2.05, 4.69) is 38.4 Å². The van der Waals surface area contributed by atoms with Crippen LogP contribution in [-0.4, -0.2) is 64.1 Å². The summed E-state index contributed by atoms with van der Waals surface area (Å²) < 4.78 is 2.24. The SMILES string of the molecule is CN1CCN(C)C(Cn2c(CCl)nc3cnccc32)C1. The topological polar surface area (TPSA) is 37.2 Å². The largest absolute Gasteiger partial charge is 0.325 e. The maximum absolute atomic E-state index is 6.06. The van der Waals surface area contributed by atoms with E-state index in [9.17, 15) is 0 Å². The van der Waals surface area contributed by atoms with Crippen molar-refractivity contribution in [2.45, 2.75) is 18.5 Å². The van der Waals surface area contributed by atoms with Crippen molar-refractivity contribution in [1.29, 1.82) is 0 Å². The third-order valence-electron chi connectivity index (χ3n) is 4.12. The fourth-order valence-electron chi connectivity index (χ4n) is 2.85. The number of hydrogen-bond donors (Lipinski definition) is 0. The Kier molecular flexibility index (Phi) is 3.92. The van der Waals surface area contributed by atoms with Crippen LogP contribution in [0.3, 0.4) is 0 Å². The van der Waals surface area contributed by atoms with Crippen LogP contribution in [-0.2, 0) is 12.4 Å². The van der Waals surface area contributed by atoms with E-state index in [0.29, 0.717) is 11.9 Å². The van der Waals surface area contributed by atoms with Gasteiger partial charge in [0.25, 0.3) is 0 Å². The summed E-state index contributed by atoms with van der Waals surface area (Å²) in [4.78, 5) is 13.5. The Morgan fingerprint density at radius 2 is 2.20 bits per heavy atom. The fraction of sp³-hybridized carbons (Fsp3) is 0.571. The summed E-state index contributed by atoms with van der Waals surface area (Å²) in [6.07, 6.45) is 3.62. The van der Waals surface area contributed by atoms with Crippen molar-refractivity contribution >= 4 is 22.6 Å². The molecule has 0 aliphatic carbocycles. The normalized spacial score (nSPS) is 21.6. The van der Waals surface area contributed by atoms with Gasteiger partial charge in [-0.25, -0.2) is 4.98 Å². The first kappa shape index (κ1) is 13.8. The third-order valence-corrected chi connectivity index (χ3v) is 4.36. The molecule has 2 aromatic rings. The van der Waals surface area contributed by atoms with Gasteiger partial charge in [-0.05, 0) is 20.2 Å². The van der Waals surface area contributed by atoms with Gasteiger partial charge >= 0.3 is 0 Å². The van der Waals surface area contributed by atoms with Gasteiger partial charge in [-0.2, -0.15) is 0 Å². The zero-order valence-corrected chi connectivity index (χ0v) is 12.7. The van der Waals surface area contributed by atoms with Crippen LogP contribution in [0.4, 0.5) is 0 Å². The van der Waals surface area contributed by atoms with Gasteiger partial charge in [-0.3, -0.25) is 9.88 Å². The monoisotopic (exact) mass is 293 g/mol. The highest BCUT2D eigenvalue weighted by molar-refractivity contribution is 6.16. The summed E-state index contributed by atoms with van der Waals surface area (Å²) >= 11 is 6.06. The Morgan fingerprint density at radius 1 is 1.35 bits per heavy atom. The van der Waals surface area contributed by atoms with Crippen molar-refractivity contribution in [3.63, 3.8) is 0 Å². The first-order chi connectivity index (χ1) is 9.69. The van der Waals surface area contributed by atoms with Gasteiger partial charge in [0.15, 0.2) is 0 Å². The molecule has 0 amide bonds. The van der Waals surface area contributed by atoms with Crippen LogP contribution in [0.2, 0.25) is 0 Å². The number of likely N-dealkylation sites (N-methyl/N-ethyl adjacent to an activating group) is 2. The minimum Gasteiger partial charge on any atom is -0.325 e. The number of hydrogen-bond acceptors (Lipinski definition) is 4. The molecular formula is C14H20ClN5. The lowest BCUT2D eigenvalue weighted by Crippen LogP contribution is -2.51. The lowest BCUT2D eigenvalue weighted by Gasteiger charge is -2.38. The minimum absolute atomic E-state index is 0.432. The molecule has 3 rings (SSSR count). The maximum atomic E-state index is 6.06. The van der Waals surface area contributed by atoms with Crippen LogP contribution in [0.15, 0.2) is 18.5 Å². The number of alkyl halides is 1. The standard InChI is InChI=1S/C14H20ClN5/c1-18-5-6-19(2)11(9-18)10-20-13-3-4-16-8-12(13)17-14(20)7-15/h3-4,8,11H,5-7,9-10H2,1-2H3. The van der Waals surface area contributed by atoms with Crippen LogP contribution >= 0.6 is 11.6 Å². The zero-order chi connectivity index (χ0) is 14.1. The number of halogens is 1. The molecule has 2 aromatic heterocycles. The van der Waals surface area contributed by atoms with E-state index < -0.39 is 0 Å². The van der Waals surface area contributed by atoms with E-state index in [-0.39, 0.29) is 0 Å². The van der Waals surface area contributed by atoms with Crippen molar-refractivity contribution in [1.82, 2.24) is 24.3 Å². The minimum atomic E-state index is 0.432. The molecule has 0 radical (unpaired) electrons. The molecule has 108 valence electrons. The molecule has 6 heteroatoms. The first-order valence-electron chi connectivity index (χ1n) is 6.93. The van der Waals surface area contributed by atoms with E-state index in [1.165, 1.54) is 0 Å². The van der Waals surface area contributed by atoms with Crippen molar-refractivity contribution in [2.75, 3.05) is 33.7 Å². The first-order valence-corrected chi connectivity index (χ1v) is 7.46. The lowest BCUT2D eigenvalue weighted by molar-refractivity contribution is 0.103. The van der Waals surface area contributed by atoms with E-state index in [1.54, 1.807) is 6.20 Å². The van der Waals surface area contributed by atoms with Crippen molar-refractivity contribution in [3.05, 3.63) is 24.3 Å². The molecule has 0 aromatic carbocycles. The van der Waals surface area contributed by atoms with Crippen molar-refractivity contribution < 1.29 is 0 Å². The summed E-state index contributed by atoms with van der Waals surface area (Å²) in [5.74, 6) is 1.36. The molecule has 1 aliphatic heterocycles. The number of aromatic nitrogens is 3. The summed E-state index contributed by atoms with van der Waals surface area (Å²) in [6, 6.07) is 2.51. The highest BCUT2D eigenvalue weighted by Crippen LogP contribution is 2.19. The van der Waals surface area contributed by atoms with Gasteiger partial charge < -0.3 is 9.47 Å². The van der Waals surface area contributed by atoms with E-state index in [4.69, 9.17) is 11.6 Å². The number of nitrogens with zero attached hydrogens (tertiary/aromatic N) is 5. The molecule has 0 N–H and O–H groups in total. The molecule has 0 bridgehead atoms. The Morgan fingerprint density at radius 3 is 3.00 bits per heavy atom. The molecule has 20 heavy (non-hydrogen) atoms. The van der Waals surface area contributed by atoms with Crippen LogP contribution in [0, 0.1) is 0 Å². The van der Waals surface area contributed by atoms with E-state index in [1.807, 2.05) is 12.3 Å². The van der Waals surface area contributed by atoms with Crippen LogP contribution < -0.4 is 0 Å². The smallest absolute Gasteiger partial charge is 0.124 e. The van der Waals surface area contributed by atoms with Gasteiger partial charge in [-0.1, -0.05) is 0 Å². The molecule has 1 unspecified atom stereocenters. The molecule has 0 saturated carbocycles. The predicted molar refractivity (Wildman–Crippen MR) is 81.0 cm³/mol. The third kappa shape index (κ3) is 2.53. The average Bonchev–Trinajstić information content (AvgIpc) is 2.81. The second kappa shape index (κ2) is 5.68. The highest BCUT2D eigenvalue weighted by atomic mass is 35.5. The predicted octanol–water partition coefficient (Wildman–Crippen LogP) is 1.42. The summed E-state index contributed by atoms with van der Waals surface area (Å²) in [5, 5.41) is 0. The van der Waals surface area contributed by atoms with Crippen LogP contribution in [0.5, 0.6) is 0 Å². The van der Waals surface area contributed by atoms with Crippen molar-refractivity contribution in [2.24, 2.45) is 0 Å². The average molecular weight is 294 g/mol. The second-order valence-corrected chi connectivity index (χ2v) is 5.80. The lowest BCUT2D eigenvalue weighted by atomic mass is 10.2. The number of fused-ring (bicyclic) bond motifs is 1. The Bertz CT molecular complexity index is 596. The Balaban J connectivity index is 1.93. The van der Waals surface area contributed by atoms with Crippen molar-refractivity contribution in [3.8, 4) is 0 Å². The quantitative estimate of drug-likeness (QED) is 0.802. The molecule has 1 saturated heterocycles. The number of imidazole rings is 1. The van der Waals surface area contributed by atoms with Gasteiger partial charge in [-0.15, -0.1) is 11.6 Å². The molecular weight excluding hydrogens is 274 g/mol. The van der Waals surface area contributed by atoms with E-state index in [0.717, 1.165) is 43.0 Å². The second-order valence-electron chi connectivity index (χ2n) is 5.53. The molecule has 1 aliphatic rings. The molecule has 0 spiro atoms. The Labute approximate surface area is 124 Å². The number of pyridine rings is 1. The van der Waals surface area contributed by atoms with Crippen LogP contribution in [0.1, 0.15) is 5.82 Å². The molecule has 1 atom stereocenters. The molecule has 1 fully saturated rings. The summed E-state index contributed by atoms with van der Waals surface area (Å²) in [7, 11) is 4.37. The highest BCUT2D eigenvalue weighted by Gasteiger charge is 2.24. The molecule has 5 nitrogen and oxygen atoms in total. The van der Waals surface area contributed by atoms with Gasteiger partial charge in [0.1, 0.15) is 11.3 Å². The molecule has 3 heterocycles. The number of piperazine rings is 1. The number of rotatable bonds is 3. The maximum Gasteiger partial charge on any atom is 0.124 e. The van der Waals surface area contributed by atoms with E-state index >= 15 is 0 Å². The summed E-state index contributed by atoms with van der Waals surface area (Å²) in [6.45, 7) is 4.22. The van der Waals surface area contributed by atoms with Gasteiger partial charge in [0.2, 0.25) is 0 Å². The Hall–Kier alpha value is -1.17.